The number of hydrogen-bond acceptors (Lipinski definition) is 2. The van der Waals surface area contributed by atoms with E-state index in [4.69, 9.17) is 11.6 Å². The molecule has 0 unspecified atom stereocenters. The summed E-state index contributed by atoms with van der Waals surface area (Å²) in [6.45, 7) is 5.49. The number of nitrogens with one attached hydrogen (secondary N) is 1. The van der Waals surface area contributed by atoms with Crippen LogP contribution in [0.25, 0.3) is 5.69 Å². The van der Waals surface area contributed by atoms with Gasteiger partial charge < -0.3 is 5.32 Å². The van der Waals surface area contributed by atoms with Crippen LogP contribution in [0, 0.1) is 26.6 Å². The average Bonchev–Trinajstić information content (AvgIpc) is 2.85. The van der Waals surface area contributed by atoms with Crippen molar-refractivity contribution < 1.29 is 9.18 Å². The van der Waals surface area contributed by atoms with Gasteiger partial charge in [0.2, 0.25) is 0 Å². The van der Waals surface area contributed by atoms with Crippen molar-refractivity contribution in [3.63, 3.8) is 0 Å². The fourth-order valence-corrected chi connectivity index (χ4v) is 2.99. The van der Waals surface area contributed by atoms with E-state index in [0.29, 0.717) is 33.3 Å². The molecule has 0 saturated heterocycles. The third-order valence-electron chi connectivity index (χ3n) is 3.96. The van der Waals surface area contributed by atoms with E-state index in [9.17, 15) is 9.18 Å². The topological polar surface area (TPSA) is 46.9 Å². The molecule has 128 valence electrons. The van der Waals surface area contributed by atoms with E-state index in [1.807, 2.05) is 13.0 Å². The molecule has 3 aromatic rings. The molecule has 0 radical (unpaired) electrons. The molecular weight excluding hydrogens is 341 g/mol. The molecule has 6 heteroatoms. The predicted molar refractivity (Wildman–Crippen MR) is 97.1 cm³/mol. The van der Waals surface area contributed by atoms with Crippen LogP contribution in [0.5, 0.6) is 0 Å². The predicted octanol–water partition coefficient (Wildman–Crippen LogP) is 4.84. The largest absolute Gasteiger partial charge is 0.321 e. The highest BCUT2D eigenvalue weighted by Gasteiger charge is 2.20. The van der Waals surface area contributed by atoms with Gasteiger partial charge in [0.25, 0.3) is 5.91 Å². The van der Waals surface area contributed by atoms with Crippen molar-refractivity contribution >= 4 is 23.2 Å². The van der Waals surface area contributed by atoms with E-state index < -0.39 is 0 Å². The number of amides is 1. The smallest absolute Gasteiger partial charge is 0.259 e. The van der Waals surface area contributed by atoms with Gasteiger partial charge in [-0.05, 0) is 62.7 Å². The summed E-state index contributed by atoms with van der Waals surface area (Å²) in [6, 6.07) is 11.4. The van der Waals surface area contributed by atoms with Gasteiger partial charge in [0, 0.05) is 0 Å². The molecule has 1 N–H and O–H groups in total. The molecule has 0 aliphatic heterocycles. The molecule has 0 atom stereocenters. The van der Waals surface area contributed by atoms with Gasteiger partial charge in [-0.15, -0.1) is 0 Å². The first-order chi connectivity index (χ1) is 11.9. The maximum Gasteiger partial charge on any atom is 0.259 e. The number of aryl methyl sites for hydroxylation is 2. The van der Waals surface area contributed by atoms with Crippen molar-refractivity contribution in [3.05, 3.63) is 75.8 Å². The van der Waals surface area contributed by atoms with E-state index >= 15 is 0 Å². The minimum Gasteiger partial charge on any atom is -0.321 e. The Bertz CT molecular complexity index is 948. The lowest BCUT2D eigenvalue weighted by Gasteiger charge is -2.09. The quantitative estimate of drug-likeness (QED) is 0.728. The van der Waals surface area contributed by atoms with Crippen molar-refractivity contribution in [2.45, 2.75) is 20.8 Å². The summed E-state index contributed by atoms with van der Waals surface area (Å²) in [5.74, 6) is -0.605. The molecule has 1 amide bonds. The zero-order valence-electron chi connectivity index (χ0n) is 14.1. The summed E-state index contributed by atoms with van der Waals surface area (Å²) in [4.78, 5) is 12.7. The molecule has 0 saturated carbocycles. The van der Waals surface area contributed by atoms with E-state index in [1.165, 1.54) is 12.1 Å². The number of carbonyl (C=O) groups excluding carboxylic acids is 1. The molecule has 4 nitrogen and oxygen atoms in total. The zero-order valence-corrected chi connectivity index (χ0v) is 14.9. The number of nitrogens with zero attached hydrogens (tertiary/aromatic N) is 2. The van der Waals surface area contributed by atoms with E-state index in [0.717, 1.165) is 5.56 Å². The molecule has 0 spiro atoms. The van der Waals surface area contributed by atoms with Crippen LogP contribution in [0.15, 0.2) is 42.5 Å². The number of benzene rings is 2. The Morgan fingerprint density at radius 2 is 1.80 bits per heavy atom. The molecular formula is C19H17ClFN3O. The normalized spacial score (nSPS) is 10.8. The minimum absolute atomic E-state index is 0.283. The first-order valence-electron chi connectivity index (χ1n) is 7.76. The number of hydrogen-bond donors (Lipinski definition) is 1. The summed E-state index contributed by atoms with van der Waals surface area (Å²) in [5, 5.41) is 7.72. The summed E-state index contributed by atoms with van der Waals surface area (Å²) < 4.78 is 14.7. The molecule has 0 aliphatic rings. The second-order valence-corrected chi connectivity index (χ2v) is 6.28. The highest BCUT2D eigenvalue weighted by Crippen LogP contribution is 2.25. The van der Waals surface area contributed by atoms with Crippen LogP contribution in [0.1, 0.15) is 27.3 Å². The van der Waals surface area contributed by atoms with Gasteiger partial charge in [0.05, 0.1) is 33.3 Å². The first-order valence-corrected chi connectivity index (χ1v) is 8.14. The number of aromatic nitrogens is 2. The van der Waals surface area contributed by atoms with Crippen molar-refractivity contribution in [2.24, 2.45) is 0 Å². The molecule has 3 rings (SSSR count). The number of rotatable bonds is 3. The van der Waals surface area contributed by atoms with Crippen LogP contribution in [0.2, 0.25) is 5.02 Å². The standard InChI is InChI=1S/C19H17ClFN3O/c1-11-4-9-17(16(20)10-11)22-19(25)18-12(2)23-24(13(18)3)15-7-5-14(21)6-8-15/h4-10H,1-3H3,(H,22,25). The fraction of sp³-hybridized carbons (Fsp3) is 0.158. The summed E-state index contributed by atoms with van der Waals surface area (Å²) in [6.07, 6.45) is 0. The Kier molecular flexibility index (Phi) is 4.59. The third kappa shape index (κ3) is 3.42. The van der Waals surface area contributed by atoms with Gasteiger partial charge in [0.1, 0.15) is 5.82 Å². The van der Waals surface area contributed by atoms with Gasteiger partial charge in [-0.2, -0.15) is 5.10 Å². The monoisotopic (exact) mass is 357 g/mol. The van der Waals surface area contributed by atoms with Gasteiger partial charge >= 0.3 is 0 Å². The molecule has 1 heterocycles. The molecule has 0 fully saturated rings. The summed E-state index contributed by atoms with van der Waals surface area (Å²) in [5.41, 5.74) is 3.98. The SMILES string of the molecule is Cc1ccc(NC(=O)c2c(C)nn(-c3ccc(F)cc3)c2C)c(Cl)c1. The van der Waals surface area contributed by atoms with Crippen LogP contribution in [0.4, 0.5) is 10.1 Å². The molecule has 2 aromatic carbocycles. The maximum atomic E-state index is 13.1. The number of halogens is 2. The molecule has 1 aromatic heterocycles. The minimum atomic E-state index is -0.322. The van der Waals surface area contributed by atoms with Crippen molar-refractivity contribution in [1.82, 2.24) is 9.78 Å². The second-order valence-electron chi connectivity index (χ2n) is 5.87. The lowest BCUT2D eigenvalue weighted by molar-refractivity contribution is 0.102. The van der Waals surface area contributed by atoms with Gasteiger partial charge in [-0.1, -0.05) is 17.7 Å². The fourth-order valence-electron chi connectivity index (χ4n) is 2.71. The lowest BCUT2D eigenvalue weighted by Crippen LogP contribution is -2.14. The summed E-state index contributed by atoms with van der Waals surface area (Å²) in [7, 11) is 0. The third-order valence-corrected chi connectivity index (χ3v) is 4.28. The number of carbonyl (C=O) groups is 1. The van der Waals surface area contributed by atoms with E-state index in [-0.39, 0.29) is 11.7 Å². The van der Waals surface area contributed by atoms with Crippen LogP contribution in [-0.2, 0) is 0 Å². The number of anilines is 1. The van der Waals surface area contributed by atoms with Gasteiger partial charge in [0.15, 0.2) is 0 Å². The molecule has 0 bridgehead atoms. The van der Waals surface area contributed by atoms with Crippen molar-refractivity contribution in [1.29, 1.82) is 0 Å². The molecule has 25 heavy (non-hydrogen) atoms. The Hall–Kier alpha value is -2.66. The second kappa shape index (κ2) is 6.69. The lowest BCUT2D eigenvalue weighted by atomic mass is 10.1. The van der Waals surface area contributed by atoms with E-state index in [1.54, 1.807) is 42.8 Å². The van der Waals surface area contributed by atoms with Crippen LogP contribution < -0.4 is 5.32 Å². The summed E-state index contributed by atoms with van der Waals surface area (Å²) >= 11 is 6.19. The Morgan fingerprint density at radius 1 is 1.12 bits per heavy atom. The van der Waals surface area contributed by atoms with Gasteiger partial charge in [-0.3, -0.25) is 4.79 Å². The van der Waals surface area contributed by atoms with Gasteiger partial charge in [-0.25, -0.2) is 9.07 Å². The molecule has 0 aliphatic carbocycles. The van der Waals surface area contributed by atoms with Crippen molar-refractivity contribution in [2.75, 3.05) is 5.32 Å². The average molecular weight is 358 g/mol. The zero-order chi connectivity index (χ0) is 18.1. The highest BCUT2D eigenvalue weighted by molar-refractivity contribution is 6.34. The van der Waals surface area contributed by atoms with Crippen LogP contribution in [-0.4, -0.2) is 15.7 Å². The Labute approximate surface area is 150 Å². The maximum absolute atomic E-state index is 13.1. The Balaban J connectivity index is 1.94. The van der Waals surface area contributed by atoms with Crippen molar-refractivity contribution in [3.8, 4) is 5.69 Å². The first kappa shape index (κ1) is 17.2. The highest BCUT2D eigenvalue weighted by atomic mass is 35.5. The van der Waals surface area contributed by atoms with Crippen LogP contribution in [0.3, 0.4) is 0 Å². The Morgan fingerprint density at radius 3 is 2.44 bits per heavy atom. The van der Waals surface area contributed by atoms with E-state index in [2.05, 4.69) is 10.4 Å². The van der Waals surface area contributed by atoms with Crippen LogP contribution >= 0.6 is 11.6 Å².